The summed E-state index contributed by atoms with van der Waals surface area (Å²) in [4.78, 5) is 18.0. The normalized spacial score (nSPS) is 13.1. The molecule has 0 bridgehead atoms. The Balaban J connectivity index is 1.00. The van der Waals surface area contributed by atoms with Gasteiger partial charge in [-0.25, -0.2) is 4.98 Å². The molecule has 0 spiro atoms. The third-order valence-electron chi connectivity index (χ3n) is 14.9. The van der Waals surface area contributed by atoms with Gasteiger partial charge in [0, 0.05) is 72.6 Å². The summed E-state index contributed by atoms with van der Waals surface area (Å²) in [6.07, 6.45) is 0. The first-order valence-corrected chi connectivity index (χ1v) is 26.0. The van der Waals surface area contributed by atoms with Gasteiger partial charge in [0.05, 0.1) is 11.4 Å². The predicted octanol–water partition coefficient (Wildman–Crippen LogP) is 13.2. The highest BCUT2D eigenvalue weighted by Crippen LogP contribution is 2.49. The standard InChI is InChI=1S/C65H43B2N5OS/c1-7-23-44(24-8-1)69(45-25-9-2-10-26-45)50-39-56-62-57(40-50)72(49-33-17-6-18-34-49)65-54(66(62)52-35-19-21-37-55(52)71(56)48-31-15-5-16-32-48)43-61-64(68-65)67-53-36-20-22-38-58(53)73-59-41-51(42-60(74-61)63(59)67)70(46-27-11-3-12-28-46)47-29-13-4-14-30-47/h1-43H. The molecule has 0 saturated carbocycles. The van der Waals surface area contributed by atoms with E-state index in [1.165, 1.54) is 16.4 Å². The Morgan fingerprint density at radius 3 is 1.41 bits per heavy atom. The largest absolute Gasteiger partial charge is 0.458 e. The van der Waals surface area contributed by atoms with Crippen LogP contribution in [0.1, 0.15) is 0 Å². The zero-order chi connectivity index (χ0) is 48.7. The van der Waals surface area contributed by atoms with Gasteiger partial charge in [0.25, 0.3) is 13.4 Å². The maximum Gasteiger partial charge on any atom is 0.277 e. The molecule has 4 aliphatic heterocycles. The Morgan fingerprint density at radius 2 is 0.824 bits per heavy atom. The number of benzene rings is 10. The van der Waals surface area contributed by atoms with E-state index in [9.17, 15) is 0 Å². The summed E-state index contributed by atoms with van der Waals surface area (Å²) in [6, 6.07) is 93.7. The lowest BCUT2D eigenvalue weighted by Crippen LogP contribution is -2.64. The molecular weight excluding hydrogens is 920 g/mol. The fraction of sp³-hybridized carbons (Fsp3) is 0. The van der Waals surface area contributed by atoms with Crippen LogP contribution in [0.25, 0.3) is 0 Å². The molecule has 0 unspecified atom stereocenters. The summed E-state index contributed by atoms with van der Waals surface area (Å²) < 4.78 is 7.01. The molecule has 9 heteroatoms. The third-order valence-corrected chi connectivity index (χ3v) is 16.0. The summed E-state index contributed by atoms with van der Waals surface area (Å²) >= 11 is 1.81. The number of aromatic nitrogens is 1. The Hall–Kier alpha value is -9.17. The van der Waals surface area contributed by atoms with Gasteiger partial charge in [0.1, 0.15) is 17.3 Å². The molecule has 0 N–H and O–H groups in total. The molecule has 0 saturated heterocycles. The van der Waals surface area contributed by atoms with Crippen LogP contribution < -0.4 is 57.2 Å². The van der Waals surface area contributed by atoms with E-state index in [-0.39, 0.29) is 13.4 Å². The number of anilines is 12. The highest BCUT2D eigenvalue weighted by atomic mass is 32.2. The highest BCUT2D eigenvalue weighted by Gasteiger charge is 2.48. The zero-order valence-corrected chi connectivity index (χ0v) is 40.8. The van der Waals surface area contributed by atoms with Gasteiger partial charge in [0.2, 0.25) is 0 Å². The second-order valence-electron chi connectivity index (χ2n) is 19.1. The van der Waals surface area contributed by atoms with E-state index in [2.05, 4.69) is 280 Å². The van der Waals surface area contributed by atoms with E-state index < -0.39 is 0 Å². The Morgan fingerprint density at radius 1 is 0.351 bits per heavy atom. The molecule has 74 heavy (non-hydrogen) atoms. The first-order valence-electron chi connectivity index (χ1n) is 25.2. The van der Waals surface area contributed by atoms with Crippen molar-refractivity contribution in [2.75, 3.05) is 19.6 Å². The van der Waals surface area contributed by atoms with Gasteiger partial charge in [0.15, 0.2) is 0 Å². The molecule has 10 aromatic carbocycles. The van der Waals surface area contributed by atoms with Crippen molar-refractivity contribution in [2.45, 2.75) is 9.79 Å². The van der Waals surface area contributed by atoms with Crippen LogP contribution in [0.3, 0.4) is 0 Å². The van der Waals surface area contributed by atoms with Crippen LogP contribution in [-0.4, -0.2) is 18.4 Å². The number of pyridine rings is 1. The van der Waals surface area contributed by atoms with E-state index >= 15 is 0 Å². The molecular formula is C65H43B2N5OS. The Labute approximate surface area is 435 Å². The predicted molar refractivity (Wildman–Crippen MR) is 309 cm³/mol. The van der Waals surface area contributed by atoms with Crippen LogP contribution in [-0.2, 0) is 0 Å². The minimum Gasteiger partial charge on any atom is -0.458 e. The summed E-state index contributed by atoms with van der Waals surface area (Å²) in [5.41, 5.74) is 18.8. The molecule has 0 amide bonds. The number of hydrogen-bond donors (Lipinski definition) is 0. The van der Waals surface area contributed by atoms with Crippen molar-refractivity contribution < 1.29 is 4.74 Å². The van der Waals surface area contributed by atoms with Gasteiger partial charge in [-0.05, 0) is 137 Å². The van der Waals surface area contributed by atoms with Gasteiger partial charge in [-0.1, -0.05) is 157 Å². The van der Waals surface area contributed by atoms with Crippen LogP contribution in [0.2, 0.25) is 0 Å². The fourth-order valence-electron chi connectivity index (χ4n) is 11.8. The van der Waals surface area contributed by atoms with E-state index in [0.717, 1.165) is 106 Å². The van der Waals surface area contributed by atoms with Gasteiger partial charge < -0.3 is 19.4 Å². The van der Waals surface area contributed by atoms with E-state index in [0.29, 0.717) is 0 Å². The van der Waals surface area contributed by atoms with Crippen LogP contribution in [0.5, 0.6) is 11.5 Å². The fourth-order valence-corrected chi connectivity index (χ4v) is 13.0. The van der Waals surface area contributed by atoms with Crippen molar-refractivity contribution in [3.63, 3.8) is 0 Å². The molecule has 11 aromatic rings. The van der Waals surface area contributed by atoms with Crippen molar-refractivity contribution in [1.82, 2.24) is 4.98 Å². The molecule has 0 aliphatic carbocycles. The minimum absolute atomic E-state index is 0.141. The lowest BCUT2D eigenvalue weighted by Gasteiger charge is -2.45. The Kier molecular flexibility index (Phi) is 9.91. The lowest BCUT2D eigenvalue weighted by molar-refractivity contribution is 0.486. The number of rotatable bonds is 8. The molecule has 15 rings (SSSR count). The smallest absolute Gasteiger partial charge is 0.277 e. The van der Waals surface area contributed by atoms with E-state index in [4.69, 9.17) is 9.72 Å². The average Bonchev–Trinajstić information content (AvgIpc) is 3.46. The topological polar surface area (TPSA) is 35.1 Å². The first-order chi connectivity index (χ1) is 36.7. The molecule has 346 valence electrons. The number of nitrogens with zero attached hydrogens (tertiary/aromatic N) is 5. The highest BCUT2D eigenvalue weighted by molar-refractivity contribution is 8.00. The Bertz CT molecular complexity index is 3870. The summed E-state index contributed by atoms with van der Waals surface area (Å²) in [5, 5.41) is 0. The maximum atomic E-state index is 7.01. The molecule has 5 heterocycles. The van der Waals surface area contributed by atoms with Crippen molar-refractivity contribution in [1.29, 1.82) is 0 Å². The van der Waals surface area contributed by atoms with Crippen LogP contribution in [0.4, 0.5) is 68.4 Å². The number of ether oxygens (including phenoxy) is 1. The number of para-hydroxylation sites is 8. The first kappa shape index (κ1) is 42.5. The maximum absolute atomic E-state index is 7.01. The van der Waals surface area contributed by atoms with Crippen molar-refractivity contribution >= 4 is 126 Å². The number of hydrogen-bond acceptors (Lipinski definition) is 7. The summed E-state index contributed by atoms with van der Waals surface area (Å²) in [5.74, 6) is 2.62. The third kappa shape index (κ3) is 6.74. The zero-order valence-electron chi connectivity index (χ0n) is 40.0. The second kappa shape index (κ2) is 17.3. The van der Waals surface area contributed by atoms with Gasteiger partial charge in [-0.15, -0.1) is 0 Å². The van der Waals surface area contributed by atoms with Crippen molar-refractivity contribution in [2.24, 2.45) is 0 Å². The minimum atomic E-state index is -0.178. The SMILES string of the molecule is c1ccc(N(c2ccccc2)c2cc3c4c(c2)Sc2cc5c(nc2B4c2ccccc2O3)N(c2ccccc2)c2cc(N(c3ccccc3)c3ccccc3)cc3c2B5c2ccccc2N3c2ccccc2)cc1. The van der Waals surface area contributed by atoms with Crippen LogP contribution >= 0.6 is 11.8 Å². The van der Waals surface area contributed by atoms with Crippen molar-refractivity contribution in [3.8, 4) is 11.5 Å². The molecule has 6 nitrogen and oxygen atoms in total. The number of fused-ring (bicyclic) bond motifs is 8. The summed E-state index contributed by atoms with van der Waals surface area (Å²) in [7, 11) is 0. The molecule has 0 atom stereocenters. The van der Waals surface area contributed by atoms with Crippen LogP contribution in [0.15, 0.2) is 271 Å². The quantitative estimate of drug-likeness (QED) is 0.140. The lowest BCUT2D eigenvalue weighted by atomic mass is 9.33. The van der Waals surface area contributed by atoms with Gasteiger partial charge >= 0.3 is 0 Å². The van der Waals surface area contributed by atoms with E-state index in [1.807, 2.05) is 11.8 Å². The molecule has 0 radical (unpaired) electrons. The van der Waals surface area contributed by atoms with Crippen LogP contribution in [0, 0.1) is 0 Å². The van der Waals surface area contributed by atoms with Crippen molar-refractivity contribution in [3.05, 3.63) is 261 Å². The van der Waals surface area contributed by atoms with E-state index in [1.54, 1.807) is 0 Å². The van der Waals surface area contributed by atoms with Gasteiger partial charge in [-0.3, -0.25) is 4.90 Å². The molecule has 1 aromatic heterocycles. The van der Waals surface area contributed by atoms with Gasteiger partial charge in [-0.2, -0.15) is 0 Å². The molecule has 0 fully saturated rings. The summed E-state index contributed by atoms with van der Waals surface area (Å²) in [6.45, 7) is -0.320. The average molecular weight is 964 g/mol. The monoisotopic (exact) mass is 963 g/mol. The molecule has 4 aliphatic rings. The second-order valence-corrected chi connectivity index (χ2v) is 20.1.